The monoisotopic (exact) mass is 251 g/mol. The number of Topliss-reactive ketones (excluding diaryl/α,β-unsaturated/α-hetero) is 1. The Hall–Kier alpha value is -1.25. The van der Waals surface area contributed by atoms with Crippen molar-refractivity contribution in [2.24, 2.45) is 17.6 Å². The summed E-state index contributed by atoms with van der Waals surface area (Å²) >= 11 is 4.78. The van der Waals surface area contributed by atoms with E-state index in [1.54, 1.807) is 6.08 Å². The number of nitrogens with zero attached hydrogens (tertiary/aromatic N) is 2. The van der Waals surface area contributed by atoms with E-state index in [1.165, 1.54) is 0 Å². The summed E-state index contributed by atoms with van der Waals surface area (Å²) in [5.74, 6) is -0.178. The number of likely N-dealkylation sites (tertiary alicyclic amines) is 1. The number of piperidine rings is 1. The Balaban J connectivity index is 3.05. The molecule has 0 aromatic heterocycles. The van der Waals surface area contributed by atoms with Crippen molar-refractivity contribution in [2.45, 2.75) is 19.9 Å². The molecule has 0 spiro atoms. The zero-order valence-electron chi connectivity index (χ0n) is 10.3. The van der Waals surface area contributed by atoms with Crippen LogP contribution in [0.2, 0.25) is 0 Å². The van der Waals surface area contributed by atoms with Crippen LogP contribution in [0, 0.1) is 23.2 Å². The second-order valence-corrected chi connectivity index (χ2v) is 5.01. The fraction of sp³-hybridized carbons (Fsp3) is 0.583. The third kappa shape index (κ3) is 2.90. The molecule has 2 N–H and O–H groups in total. The Morgan fingerprint density at radius 2 is 2.24 bits per heavy atom. The van der Waals surface area contributed by atoms with Crippen LogP contribution in [0.4, 0.5) is 0 Å². The van der Waals surface area contributed by atoms with Crippen molar-refractivity contribution in [1.82, 2.24) is 4.90 Å². The highest BCUT2D eigenvalue weighted by Crippen LogP contribution is 2.25. The highest BCUT2D eigenvalue weighted by Gasteiger charge is 2.35. The molecule has 17 heavy (non-hydrogen) atoms. The minimum Gasteiger partial charge on any atom is -0.389 e. The first-order chi connectivity index (χ1) is 7.88. The Morgan fingerprint density at radius 3 is 2.71 bits per heavy atom. The summed E-state index contributed by atoms with van der Waals surface area (Å²) in [4.78, 5) is 14.3. The number of thiocarbonyl (C=S) groups is 1. The van der Waals surface area contributed by atoms with Crippen LogP contribution in [0.25, 0.3) is 0 Å². The number of ketones is 1. The van der Waals surface area contributed by atoms with E-state index in [0.717, 1.165) is 6.54 Å². The lowest BCUT2D eigenvalue weighted by atomic mass is 9.82. The smallest absolute Gasteiger partial charge is 0.145 e. The number of hydrogen-bond donors (Lipinski definition) is 1. The van der Waals surface area contributed by atoms with E-state index in [-0.39, 0.29) is 34.2 Å². The average Bonchev–Trinajstić information content (AvgIpc) is 2.26. The third-order valence-corrected chi connectivity index (χ3v) is 3.54. The predicted molar refractivity (Wildman–Crippen MR) is 70.2 cm³/mol. The van der Waals surface area contributed by atoms with Gasteiger partial charge >= 0.3 is 0 Å². The lowest BCUT2D eigenvalue weighted by Crippen LogP contribution is -2.49. The number of carbonyl (C=O) groups excluding carboxylic acids is 1. The minimum atomic E-state index is -0.306. The lowest BCUT2D eigenvalue weighted by Gasteiger charge is -2.37. The molecule has 0 radical (unpaired) electrons. The van der Waals surface area contributed by atoms with Gasteiger partial charge in [0, 0.05) is 18.5 Å². The van der Waals surface area contributed by atoms with Gasteiger partial charge in [0.1, 0.15) is 16.8 Å². The van der Waals surface area contributed by atoms with Crippen LogP contribution in [0.15, 0.2) is 11.6 Å². The van der Waals surface area contributed by atoms with Crippen LogP contribution < -0.4 is 5.73 Å². The molecule has 0 aromatic carbocycles. The highest BCUT2D eigenvalue weighted by atomic mass is 32.1. The van der Waals surface area contributed by atoms with Gasteiger partial charge in [-0.25, -0.2) is 0 Å². The maximum atomic E-state index is 12.1. The SMILES string of the molecule is CC1CN(C)C(C)C(/C=C(/C#N)C(N)=S)C1=O. The summed E-state index contributed by atoms with van der Waals surface area (Å²) in [6.45, 7) is 4.62. The summed E-state index contributed by atoms with van der Waals surface area (Å²) < 4.78 is 0. The van der Waals surface area contributed by atoms with Crippen LogP contribution >= 0.6 is 12.2 Å². The van der Waals surface area contributed by atoms with Gasteiger partial charge in [0.15, 0.2) is 0 Å². The van der Waals surface area contributed by atoms with E-state index in [9.17, 15) is 4.79 Å². The van der Waals surface area contributed by atoms with Crippen molar-refractivity contribution in [3.8, 4) is 6.07 Å². The number of carbonyl (C=O) groups is 1. The summed E-state index contributed by atoms with van der Waals surface area (Å²) in [6.07, 6.45) is 1.61. The molecule has 0 saturated carbocycles. The molecule has 1 aliphatic heterocycles. The molecule has 1 fully saturated rings. The van der Waals surface area contributed by atoms with Gasteiger partial charge in [-0.15, -0.1) is 0 Å². The Morgan fingerprint density at radius 1 is 1.65 bits per heavy atom. The van der Waals surface area contributed by atoms with Crippen LogP contribution in [0.1, 0.15) is 13.8 Å². The molecule has 92 valence electrons. The third-order valence-electron chi connectivity index (χ3n) is 3.32. The molecule has 1 aliphatic rings. The first-order valence-electron chi connectivity index (χ1n) is 5.54. The molecular formula is C12H17N3OS. The highest BCUT2D eigenvalue weighted by molar-refractivity contribution is 7.80. The maximum Gasteiger partial charge on any atom is 0.145 e. The van der Waals surface area contributed by atoms with Gasteiger partial charge in [-0.3, -0.25) is 4.79 Å². The van der Waals surface area contributed by atoms with E-state index in [4.69, 9.17) is 23.2 Å². The van der Waals surface area contributed by atoms with E-state index < -0.39 is 0 Å². The average molecular weight is 251 g/mol. The van der Waals surface area contributed by atoms with Gasteiger partial charge < -0.3 is 10.6 Å². The fourth-order valence-corrected chi connectivity index (χ4v) is 2.22. The molecule has 3 unspecified atom stereocenters. The molecule has 5 heteroatoms. The number of hydrogen-bond acceptors (Lipinski definition) is 4. The molecule has 0 amide bonds. The second kappa shape index (κ2) is 5.39. The lowest BCUT2D eigenvalue weighted by molar-refractivity contribution is -0.130. The van der Waals surface area contributed by atoms with Crippen molar-refractivity contribution in [3.63, 3.8) is 0 Å². The first-order valence-corrected chi connectivity index (χ1v) is 5.95. The molecule has 0 aliphatic carbocycles. The van der Waals surface area contributed by atoms with Crippen molar-refractivity contribution in [3.05, 3.63) is 11.6 Å². The molecule has 1 saturated heterocycles. The van der Waals surface area contributed by atoms with Crippen LogP contribution in [-0.4, -0.2) is 35.3 Å². The molecule has 1 rings (SSSR count). The minimum absolute atomic E-state index is 0.0243. The molecule has 0 aromatic rings. The second-order valence-electron chi connectivity index (χ2n) is 4.57. The maximum absolute atomic E-state index is 12.1. The Labute approximate surface area is 107 Å². The van der Waals surface area contributed by atoms with Crippen LogP contribution in [0.5, 0.6) is 0 Å². The van der Waals surface area contributed by atoms with Crippen molar-refractivity contribution in [2.75, 3.05) is 13.6 Å². The standard InChI is InChI=1S/C12H17N3OS/c1-7-6-15(3)8(2)10(11(7)16)4-9(5-13)12(14)17/h4,7-8,10H,6H2,1-3H3,(H2,14,17)/b9-4-. The van der Waals surface area contributed by atoms with Crippen molar-refractivity contribution >= 4 is 23.0 Å². The zero-order valence-corrected chi connectivity index (χ0v) is 11.1. The molecule has 0 bridgehead atoms. The largest absolute Gasteiger partial charge is 0.389 e. The topological polar surface area (TPSA) is 70.1 Å². The quantitative estimate of drug-likeness (QED) is 0.448. The van der Waals surface area contributed by atoms with Gasteiger partial charge in [-0.2, -0.15) is 5.26 Å². The zero-order chi connectivity index (χ0) is 13.2. The van der Waals surface area contributed by atoms with E-state index in [0.29, 0.717) is 0 Å². The number of nitrogens with two attached hydrogens (primary N) is 1. The van der Waals surface area contributed by atoms with Gasteiger partial charge in [0.2, 0.25) is 0 Å². The summed E-state index contributed by atoms with van der Waals surface area (Å²) in [5, 5.41) is 8.92. The Kier molecular flexibility index (Phi) is 4.38. The summed E-state index contributed by atoms with van der Waals surface area (Å²) in [5.41, 5.74) is 5.67. The normalized spacial score (nSPS) is 31.1. The fourth-order valence-electron chi connectivity index (χ4n) is 2.10. The van der Waals surface area contributed by atoms with Gasteiger partial charge in [-0.05, 0) is 14.0 Å². The van der Waals surface area contributed by atoms with E-state index in [2.05, 4.69) is 4.90 Å². The molecule has 1 heterocycles. The Bertz CT molecular complexity index is 410. The van der Waals surface area contributed by atoms with E-state index in [1.807, 2.05) is 27.0 Å². The van der Waals surface area contributed by atoms with Gasteiger partial charge in [-0.1, -0.05) is 25.2 Å². The number of rotatable bonds is 2. The van der Waals surface area contributed by atoms with Gasteiger partial charge in [0.05, 0.1) is 11.5 Å². The number of nitriles is 1. The van der Waals surface area contributed by atoms with Crippen molar-refractivity contribution < 1.29 is 4.79 Å². The van der Waals surface area contributed by atoms with Crippen LogP contribution in [0.3, 0.4) is 0 Å². The summed E-state index contributed by atoms with van der Waals surface area (Å²) in [6, 6.07) is 2.01. The molecule has 3 atom stereocenters. The van der Waals surface area contributed by atoms with Crippen LogP contribution in [-0.2, 0) is 4.79 Å². The van der Waals surface area contributed by atoms with Gasteiger partial charge in [0.25, 0.3) is 0 Å². The van der Waals surface area contributed by atoms with Crippen molar-refractivity contribution in [1.29, 1.82) is 5.26 Å². The summed E-state index contributed by atoms with van der Waals surface area (Å²) in [7, 11) is 1.97. The molecule has 4 nitrogen and oxygen atoms in total. The van der Waals surface area contributed by atoms with E-state index >= 15 is 0 Å². The predicted octanol–water partition coefficient (Wildman–Crippen LogP) is 0.878. The first kappa shape index (κ1) is 13.8. The molecular weight excluding hydrogens is 234 g/mol.